The molecule has 0 radical (unpaired) electrons. The van der Waals surface area contributed by atoms with Crippen molar-refractivity contribution in [2.45, 2.75) is 31.6 Å². The van der Waals surface area contributed by atoms with Gasteiger partial charge in [-0.1, -0.05) is 17.6 Å². The minimum Gasteiger partial charge on any atom is -0.493 e. The molecule has 8 nitrogen and oxygen atoms in total. The number of hydrogen-bond acceptors (Lipinski definition) is 7. The van der Waals surface area contributed by atoms with Gasteiger partial charge in [0.2, 0.25) is 17.6 Å². The molecule has 3 aromatic rings. The van der Waals surface area contributed by atoms with Crippen LogP contribution >= 0.6 is 0 Å². The number of benzene rings is 2. The number of nitrogens with zero attached hydrogens (tertiary/aromatic N) is 4. The molecule has 2 aliphatic rings. The van der Waals surface area contributed by atoms with Gasteiger partial charge in [0.05, 0.1) is 20.6 Å². The topological polar surface area (TPSA) is 80.9 Å². The number of anilines is 1. The van der Waals surface area contributed by atoms with Crippen molar-refractivity contribution in [1.29, 1.82) is 0 Å². The van der Waals surface area contributed by atoms with Crippen LogP contribution in [0.2, 0.25) is 0 Å². The van der Waals surface area contributed by atoms with Gasteiger partial charge in [-0.25, -0.2) is 0 Å². The molecular weight excluding hydrogens is 432 g/mol. The fourth-order valence-corrected chi connectivity index (χ4v) is 4.49. The van der Waals surface area contributed by atoms with E-state index in [0.29, 0.717) is 42.8 Å². The summed E-state index contributed by atoms with van der Waals surface area (Å²) in [6.07, 6.45) is 3.88. The van der Waals surface area contributed by atoms with Gasteiger partial charge in [-0.3, -0.25) is 4.79 Å². The van der Waals surface area contributed by atoms with Crippen molar-refractivity contribution in [3.63, 3.8) is 0 Å². The number of methoxy groups -OCH3 is 2. The summed E-state index contributed by atoms with van der Waals surface area (Å²) in [5.74, 6) is 3.28. The van der Waals surface area contributed by atoms with E-state index in [2.05, 4.69) is 27.2 Å². The zero-order valence-electron chi connectivity index (χ0n) is 19.7. The van der Waals surface area contributed by atoms with Crippen LogP contribution in [0, 0.1) is 0 Å². The number of carbonyl (C=O) groups is 1. The van der Waals surface area contributed by atoms with Gasteiger partial charge in [-0.15, -0.1) is 0 Å². The molecule has 1 saturated heterocycles. The summed E-state index contributed by atoms with van der Waals surface area (Å²) >= 11 is 0. The predicted octanol–water partition coefficient (Wildman–Crippen LogP) is 3.91. The summed E-state index contributed by atoms with van der Waals surface area (Å²) in [7, 11) is 3.21. The standard InChI is InChI=1S/C26H30N4O4/c1-32-22-11-6-18(16-23(22)33-2)17-24(31)30-14-12-29(13-15-30)21-9-7-19(8-10-21)25-27-26(34-28-25)20-4-3-5-20/h6-11,16,20H,3-5,12-15,17H2,1-2H3. The van der Waals surface area contributed by atoms with Gasteiger partial charge in [0.25, 0.3) is 0 Å². The third-order valence-corrected chi connectivity index (χ3v) is 6.82. The lowest BCUT2D eigenvalue weighted by Gasteiger charge is -2.36. The molecule has 1 aliphatic carbocycles. The molecule has 0 unspecified atom stereocenters. The van der Waals surface area contributed by atoms with Crippen LogP contribution in [-0.4, -0.2) is 61.3 Å². The number of hydrogen-bond donors (Lipinski definition) is 0. The maximum absolute atomic E-state index is 12.9. The molecule has 0 atom stereocenters. The lowest BCUT2D eigenvalue weighted by atomic mass is 9.85. The highest BCUT2D eigenvalue weighted by molar-refractivity contribution is 5.79. The first kappa shape index (κ1) is 22.3. The number of piperazine rings is 1. The third-order valence-electron chi connectivity index (χ3n) is 6.82. The zero-order chi connectivity index (χ0) is 23.5. The molecule has 1 saturated carbocycles. The number of amides is 1. The molecule has 2 aromatic carbocycles. The van der Waals surface area contributed by atoms with Crippen molar-refractivity contribution < 1.29 is 18.8 Å². The average Bonchev–Trinajstić information content (AvgIpc) is 3.32. The van der Waals surface area contributed by atoms with Crippen molar-refractivity contribution >= 4 is 11.6 Å². The lowest BCUT2D eigenvalue weighted by Crippen LogP contribution is -2.49. The van der Waals surface area contributed by atoms with Crippen LogP contribution in [0.1, 0.15) is 36.6 Å². The summed E-state index contributed by atoms with van der Waals surface area (Å²) < 4.78 is 16.1. The Morgan fingerprint density at radius 2 is 1.74 bits per heavy atom. The van der Waals surface area contributed by atoms with Crippen molar-refractivity contribution in [1.82, 2.24) is 15.0 Å². The Hall–Kier alpha value is -3.55. The number of rotatable bonds is 7. The predicted molar refractivity (Wildman–Crippen MR) is 128 cm³/mol. The van der Waals surface area contributed by atoms with E-state index >= 15 is 0 Å². The first-order valence-corrected chi connectivity index (χ1v) is 11.8. The van der Waals surface area contributed by atoms with Gasteiger partial charge in [0, 0.05) is 43.3 Å². The van der Waals surface area contributed by atoms with Crippen LogP contribution in [0.4, 0.5) is 5.69 Å². The van der Waals surface area contributed by atoms with Crippen LogP contribution < -0.4 is 14.4 Å². The molecule has 2 fully saturated rings. The fraction of sp³-hybridized carbons (Fsp3) is 0.423. The Kier molecular flexibility index (Phi) is 6.38. The summed E-state index contributed by atoms with van der Waals surface area (Å²) in [6.45, 7) is 2.99. The Bertz CT molecular complexity index is 1130. The highest BCUT2D eigenvalue weighted by atomic mass is 16.5. The SMILES string of the molecule is COc1ccc(CC(=O)N2CCN(c3ccc(-c4noc(C5CCC5)n4)cc3)CC2)cc1OC. The summed E-state index contributed by atoms with van der Waals surface area (Å²) in [6, 6.07) is 13.9. The molecule has 5 rings (SSSR count). The molecule has 1 aliphatic heterocycles. The van der Waals surface area contributed by atoms with E-state index in [1.165, 1.54) is 6.42 Å². The highest BCUT2D eigenvalue weighted by Crippen LogP contribution is 2.36. The van der Waals surface area contributed by atoms with Gasteiger partial charge in [0.15, 0.2) is 11.5 Å². The van der Waals surface area contributed by atoms with Crippen LogP contribution in [0.15, 0.2) is 47.0 Å². The van der Waals surface area contributed by atoms with Crippen LogP contribution in [0.25, 0.3) is 11.4 Å². The lowest BCUT2D eigenvalue weighted by molar-refractivity contribution is -0.130. The molecular formula is C26H30N4O4. The van der Waals surface area contributed by atoms with E-state index in [0.717, 1.165) is 48.6 Å². The second-order valence-electron chi connectivity index (χ2n) is 8.86. The van der Waals surface area contributed by atoms with E-state index in [9.17, 15) is 4.79 Å². The molecule has 34 heavy (non-hydrogen) atoms. The van der Waals surface area contributed by atoms with Crippen molar-refractivity contribution in [3.8, 4) is 22.9 Å². The first-order chi connectivity index (χ1) is 16.6. The van der Waals surface area contributed by atoms with Crippen LogP contribution in [0.3, 0.4) is 0 Å². The molecule has 1 amide bonds. The summed E-state index contributed by atoms with van der Waals surface area (Å²) in [5, 5.41) is 4.16. The van der Waals surface area contributed by atoms with E-state index in [4.69, 9.17) is 14.0 Å². The van der Waals surface area contributed by atoms with Gasteiger partial charge in [-0.2, -0.15) is 4.98 Å². The monoisotopic (exact) mass is 462 g/mol. The second kappa shape index (κ2) is 9.75. The second-order valence-corrected chi connectivity index (χ2v) is 8.86. The van der Waals surface area contributed by atoms with Gasteiger partial charge >= 0.3 is 0 Å². The average molecular weight is 463 g/mol. The zero-order valence-corrected chi connectivity index (χ0v) is 19.7. The molecule has 1 aromatic heterocycles. The normalized spacial score (nSPS) is 16.3. The number of aromatic nitrogens is 2. The Labute approximate surface area is 199 Å². The molecule has 0 N–H and O–H groups in total. The minimum absolute atomic E-state index is 0.126. The summed E-state index contributed by atoms with van der Waals surface area (Å²) in [4.78, 5) is 21.7. The Morgan fingerprint density at radius 1 is 1.00 bits per heavy atom. The quantitative estimate of drug-likeness (QED) is 0.527. The van der Waals surface area contributed by atoms with Crippen LogP contribution in [-0.2, 0) is 11.2 Å². The third kappa shape index (κ3) is 4.58. The fourth-order valence-electron chi connectivity index (χ4n) is 4.49. The maximum Gasteiger partial charge on any atom is 0.230 e. The maximum atomic E-state index is 12.9. The Balaban J connectivity index is 1.16. The molecule has 178 valence electrons. The van der Waals surface area contributed by atoms with E-state index in [-0.39, 0.29) is 5.91 Å². The van der Waals surface area contributed by atoms with Crippen molar-refractivity contribution in [3.05, 3.63) is 53.9 Å². The molecule has 8 heteroatoms. The highest BCUT2D eigenvalue weighted by Gasteiger charge is 2.26. The Morgan fingerprint density at radius 3 is 2.38 bits per heavy atom. The van der Waals surface area contributed by atoms with Crippen molar-refractivity contribution in [2.75, 3.05) is 45.3 Å². The molecule has 0 bridgehead atoms. The molecule has 2 heterocycles. The van der Waals surface area contributed by atoms with Crippen LogP contribution in [0.5, 0.6) is 11.5 Å². The van der Waals surface area contributed by atoms with Crippen molar-refractivity contribution in [2.24, 2.45) is 0 Å². The van der Waals surface area contributed by atoms with Gasteiger partial charge in [0.1, 0.15) is 0 Å². The first-order valence-electron chi connectivity index (χ1n) is 11.8. The number of carbonyl (C=O) groups excluding carboxylic acids is 1. The van der Waals surface area contributed by atoms with E-state index < -0.39 is 0 Å². The van der Waals surface area contributed by atoms with Gasteiger partial charge in [-0.05, 0) is 54.8 Å². The van der Waals surface area contributed by atoms with E-state index in [1.54, 1.807) is 14.2 Å². The minimum atomic E-state index is 0.126. The largest absolute Gasteiger partial charge is 0.493 e. The number of ether oxygens (including phenoxy) is 2. The smallest absolute Gasteiger partial charge is 0.230 e. The summed E-state index contributed by atoms with van der Waals surface area (Å²) in [5.41, 5.74) is 3.02. The molecule has 0 spiro atoms. The van der Waals surface area contributed by atoms with E-state index in [1.807, 2.05) is 35.2 Å². The van der Waals surface area contributed by atoms with Gasteiger partial charge < -0.3 is 23.8 Å².